The average molecular weight is 410 g/mol. The van der Waals surface area contributed by atoms with Gasteiger partial charge in [0.1, 0.15) is 16.0 Å². The summed E-state index contributed by atoms with van der Waals surface area (Å²) in [7, 11) is 0. The summed E-state index contributed by atoms with van der Waals surface area (Å²) < 4.78 is 6.47. The number of nitrogen functional groups attached to an aromatic ring is 1. The van der Waals surface area contributed by atoms with Gasteiger partial charge in [-0.05, 0) is 65.2 Å². The number of rotatable bonds is 4. The molecule has 130 valence electrons. The highest BCUT2D eigenvalue weighted by Crippen LogP contribution is 2.36. The quantitative estimate of drug-likeness (QED) is 0.639. The molecule has 1 aromatic heterocycles. The van der Waals surface area contributed by atoms with E-state index >= 15 is 0 Å². The van der Waals surface area contributed by atoms with Crippen LogP contribution in [0.1, 0.15) is 16.7 Å². The number of nitrogens with two attached hydrogens (primary N) is 1. The van der Waals surface area contributed by atoms with Crippen LogP contribution in [-0.2, 0) is 0 Å². The molecule has 0 unspecified atom stereocenters. The van der Waals surface area contributed by atoms with E-state index in [4.69, 9.17) is 15.7 Å². The Morgan fingerprint density at radius 1 is 1.12 bits per heavy atom. The highest BCUT2D eigenvalue weighted by molar-refractivity contribution is 9.10. The molecule has 0 atom stereocenters. The zero-order valence-electron chi connectivity index (χ0n) is 14.2. The first kappa shape index (κ1) is 17.7. The molecule has 26 heavy (non-hydrogen) atoms. The highest BCUT2D eigenvalue weighted by Gasteiger charge is 2.15. The van der Waals surface area contributed by atoms with Crippen molar-refractivity contribution in [2.24, 2.45) is 0 Å². The second kappa shape index (κ2) is 7.42. The number of nitriles is 1. The summed E-state index contributed by atoms with van der Waals surface area (Å²) in [6.07, 6.45) is 0. The second-order valence-electron chi connectivity index (χ2n) is 5.70. The lowest BCUT2D eigenvalue weighted by Gasteiger charge is -2.14. The van der Waals surface area contributed by atoms with Gasteiger partial charge < -0.3 is 15.8 Å². The number of halogens is 1. The van der Waals surface area contributed by atoms with Gasteiger partial charge in [-0.1, -0.05) is 18.2 Å². The summed E-state index contributed by atoms with van der Waals surface area (Å²) in [6, 6.07) is 15.2. The summed E-state index contributed by atoms with van der Waals surface area (Å²) in [5.41, 5.74) is 9.08. The first-order valence-electron chi connectivity index (χ1n) is 7.82. The lowest BCUT2D eigenvalue weighted by molar-refractivity contribution is 0.453. The molecule has 0 aliphatic rings. The molecule has 0 aliphatic heterocycles. The number of para-hydroxylation sites is 1. The van der Waals surface area contributed by atoms with E-state index in [2.05, 4.69) is 37.3 Å². The van der Waals surface area contributed by atoms with Crippen molar-refractivity contribution in [2.45, 2.75) is 13.8 Å². The van der Waals surface area contributed by atoms with Crippen LogP contribution in [0, 0.1) is 25.2 Å². The Morgan fingerprint density at radius 3 is 2.38 bits per heavy atom. The van der Waals surface area contributed by atoms with Gasteiger partial charge in [-0.2, -0.15) is 15.2 Å². The van der Waals surface area contributed by atoms with Crippen LogP contribution in [0.2, 0.25) is 0 Å². The van der Waals surface area contributed by atoms with E-state index in [-0.39, 0.29) is 5.82 Å². The molecule has 0 radical (unpaired) electrons. The number of aromatic nitrogens is 2. The number of hydrogen-bond acceptors (Lipinski definition) is 6. The van der Waals surface area contributed by atoms with Gasteiger partial charge in [0.05, 0.1) is 11.6 Å². The Kier molecular flexibility index (Phi) is 5.05. The molecule has 3 aromatic rings. The van der Waals surface area contributed by atoms with Gasteiger partial charge in [-0.25, -0.2) is 0 Å². The van der Waals surface area contributed by atoms with E-state index in [0.29, 0.717) is 27.6 Å². The number of hydrogen-bond donors (Lipinski definition) is 2. The highest BCUT2D eigenvalue weighted by atomic mass is 79.9. The molecule has 0 saturated carbocycles. The van der Waals surface area contributed by atoms with Gasteiger partial charge in [0, 0.05) is 5.69 Å². The lowest BCUT2D eigenvalue weighted by Crippen LogP contribution is -2.04. The van der Waals surface area contributed by atoms with Crippen molar-refractivity contribution in [1.82, 2.24) is 9.97 Å². The fraction of sp³-hybridized carbons (Fsp3) is 0.105. The van der Waals surface area contributed by atoms with E-state index in [1.165, 1.54) is 0 Å². The third kappa shape index (κ3) is 3.76. The molecule has 0 saturated heterocycles. The van der Waals surface area contributed by atoms with Crippen LogP contribution >= 0.6 is 15.9 Å². The summed E-state index contributed by atoms with van der Waals surface area (Å²) in [4.78, 5) is 8.64. The van der Waals surface area contributed by atoms with E-state index in [1.54, 1.807) is 12.1 Å². The second-order valence-corrected chi connectivity index (χ2v) is 6.49. The molecule has 3 rings (SSSR count). The molecule has 6 nitrogen and oxygen atoms in total. The number of benzene rings is 2. The van der Waals surface area contributed by atoms with Gasteiger partial charge in [0.2, 0.25) is 11.8 Å². The van der Waals surface area contributed by atoms with E-state index in [0.717, 1.165) is 16.8 Å². The van der Waals surface area contributed by atoms with E-state index in [9.17, 15) is 0 Å². The minimum absolute atomic E-state index is 0.261. The average Bonchev–Trinajstić information content (AvgIpc) is 2.62. The third-order valence-electron chi connectivity index (χ3n) is 3.66. The van der Waals surface area contributed by atoms with Crippen molar-refractivity contribution in [3.05, 3.63) is 63.6 Å². The smallest absolute Gasteiger partial charge is 0.240 e. The normalized spacial score (nSPS) is 10.2. The maximum Gasteiger partial charge on any atom is 0.240 e. The molecule has 0 spiro atoms. The Labute approximate surface area is 159 Å². The first-order chi connectivity index (χ1) is 12.5. The molecule has 2 aromatic carbocycles. The minimum atomic E-state index is 0.261. The molecule has 0 aliphatic carbocycles. The Bertz CT molecular complexity index is 976. The van der Waals surface area contributed by atoms with Gasteiger partial charge >= 0.3 is 0 Å². The Hall–Kier alpha value is -3.11. The maximum atomic E-state index is 9.08. The molecule has 0 amide bonds. The molecule has 3 N–H and O–H groups in total. The first-order valence-corrected chi connectivity index (χ1v) is 8.61. The number of anilines is 3. The fourth-order valence-corrected chi connectivity index (χ4v) is 2.75. The number of ether oxygens (including phenoxy) is 1. The van der Waals surface area contributed by atoms with Crippen LogP contribution in [0.5, 0.6) is 11.6 Å². The summed E-state index contributed by atoms with van der Waals surface area (Å²) in [5, 5.41) is 12.2. The SMILES string of the molecule is Cc1cc(C#N)cc(C)c1Oc1nc(Nc2ccccc2)nc(N)c1Br. The number of aryl methyl sites for hydroxylation is 2. The number of nitrogens with one attached hydrogen (secondary N) is 1. The van der Waals surface area contributed by atoms with Crippen LogP contribution in [0.15, 0.2) is 46.9 Å². The van der Waals surface area contributed by atoms with Crippen molar-refractivity contribution < 1.29 is 4.74 Å². The van der Waals surface area contributed by atoms with Crippen molar-refractivity contribution in [1.29, 1.82) is 5.26 Å². The number of nitrogens with zero attached hydrogens (tertiary/aromatic N) is 3. The van der Waals surface area contributed by atoms with E-state index < -0.39 is 0 Å². The summed E-state index contributed by atoms with van der Waals surface area (Å²) >= 11 is 3.38. The lowest BCUT2D eigenvalue weighted by atomic mass is 10.1. The molecule has 1 heterocycles. The Balaban J connectivity index is 1.97. The summed E-state index contributed by atoms with van der Waals surface area (Å²) in [6.45, 7) is 3.76. The summed E-state index contributed by atoms with van der Waals surface area (Å²) in [5.74, 6) is 1.52. The van der Waals surface area contributed by atoms with E-state index in [1.807, 2.05) is 44.2 Å². The third-order valence-corrected chi connectivity index (χ3v) is 4.41. The maximum absolute atomic E-state index is 9.08. The molecular formula is C19H16BrN5O. The minimum Gasteiger partial charge on any atom is -0.437 e. The zero-order chi connectivity index (χ0) is 18.7. The molecule has 0 fully saturated rings. The molecular weight excluding hydrogens is 394 g/mol. The van der Waals surface area contributed by atoms with Gasteiger partial charge in [0.15, 0.2) is 0 Å². The van der Waals surface area contributed by atoms with Crippen LogP contribution in [-0.4, -0.2) is 9.97 Å². The fourth-order valence-electron chi connectivity index (χ4n) is 2.49. The zero-order valence-corrected chi connectivity index (χ0v) is 15.8. The van der Waals surface area contributed by atoms with Crippen molar-refractivity contribution in [3.63, 3.8) is 0 Å². The Morgan fingerprint density at radius 2 is 1.77 bits per heavy atom. The van der Waals surface area contributed by atoms with Gasteiger partial charge in [-0.15, -0.1) is 0 Å². The standard InChI is InChI=1S/C19H16BrN5O/c1-11-8-13(10-21)9-12(2)16(11)26-18-15(20)17(22)24-19(25-18)23-14-6-4-3-5-7-14/h3-9H,1-2H3,(H3,22,23,24,25). The monoisotopic (exact) mass is 409 g/mol. The van der Waals surface area contributed by atoms with Crippen LogP contribution < -0.4 is 15.8 Å². The molecule has 0 bridgehead atoms. The predicted molar refractivity (Wildman–Crippen MR) is 105 cm³/mol. The topological polar surface area (TPSA) is 96.8 Å². The predicted octanol–water partition coefficient (Wildman–Crippen LogP) is 4.85. The van der Waals surface area contributed by atoms with Crippen LogP contribution in [0.3, 0.4) is 0 Å². The van der Waals surface area contributed by atoms with Crippen molar-refractivity contribution in [3.8, 4) is 17.7 Å². The van der Waals surface area contributed by atoms with Crippen molar-refractivity contribution >= 4 is 33.4 Å². The van der Waals surface area contributed by atoms with Crippen LogP contribution in [0.25, 0.3) is 0 Å². The largest absolute Gasteiger partial charge is 0.437 e. The van der Waals surface area contributed by atoms with Crippen molar-refractivity contribution in [2.75, 3.05) is 11.1 Å². The van der Waals surface area contributed by atoms with Gasteiger partial charge in [0.25, 0.3) is 0 Å². The van der Waals surface area contributed by atoms with Gasteiger partial charge in [-0.3, -0.25) is 0 Å². The molecule has 7 heteroatoms. The van der Waals surface area contributed by atoms with Crippen LogP contribution in [0.4, 0.5) is 17.5 Å².